The largest absolute Gasteiger partial charge is 0.756 e. The van der Waals surface area contributed by atoms with Crippen LogP contribution < -0.4 is 10.2 Å². The summed E-state index contributed by atoms with van der Waals surface area (Å²) in [6.45, 7) is 4.78. The molecule has 0 heterocycles. The lowest BCUT2D eigenvalue weighted by Gasteiger charge is -2.30. The number of nitrogens with one attached hydrogen (secondary N) is 1. The van der Waals surface area contributed by atoms with Crippen molar-refractivity contribution in [3.05, 3.63) is 24.3 Å². The smallest absolute Gasteiger partial charge is 0.268 e. The Morgan fingerprint density at radius 3 is 0.954 bits per heavy atom. The Morgan fingerprint density at radius 2 is 0.667 bits per heavy atom. The SMILES string of the molecule is CCCCCCC/C=C\C/C=C\CCCCCCCCCCCCCCCCCCCCCCCCCC(=O)NC(COP(=O)([O-])OCC[N+](C)(C)C)C(O)CCCCCCCCCCCCCCCCCCCCCCCCCCCCCCCC. The predicted molar refractivity (Wildman–Crippen MR) is 381 cm³/mol. The summed E-state index contributed by atoms with van der Waals surface area (Å²) in [6.07, 6.45) is 91.5. The van der Waals surface area contributed by atoms with E-state index in [1.54, 1.807) is 0 Å². The number of aliphatic hydroxyl groups excluding tert-OH is 1. The minimum atomic E-state index is -4.58. The second-order valence-corrected chi connectivity index (χ2v) is 29.8. The standard InChI is InChI=1S/C78H155N2O6P/c1-6-8-10-12-14-16-18-20-22-24-26-28-30-32-34-36-38-39-40-41-42-44-46-48-50-52-54-56-58-60-62-64-66-68-70-72-78(82)79-76(75-86-87(83,84)85-74-73-80(3,4)5)77(81)71-69-67-65-63-61-59-57-55-53-51-49-47-45-43-37-35-33-31-29-27-25-23-21-19-17-15-13-11-9-7-2/h18,20,24,26,76-77,81H,6-17,19,21-23,25,27-75H2,1-5H3,(H-,79,82,83,84)/b20-18-,26-24-. The van der Waals surface area contributed by atoms with Gasteiger partial charge in [0, 0.05) is 6.42 Å². The van der Waals surface area contributed by atoms with Crippen molar-refractivity contribution in [3.63, 3.8) is 0 Å². The highest BCUT2D eigenvalue weighted by Gasteiger charge is 2.24. The second kappa shape index (κ2) is 69.3. The Kier molecular flexibility index (Phi) is 68.5. The molecule has 87 heavy (non-hydrogen) atoms. The van der Waals surface area contributed by atoms with Gasteiger partial charge in [-0.2, -0.15) is 0 Å². The van der Waals surface area contributed by atoms with Gasteiger partial charge in [-0.15, -0.1) is 0 Å². The molecule has 0 aliphatic rings. The minimum Gasteiger partial charge on any atom is -0.756 e. The van der Waals surface area contributed by atoms with Crippen molar-refractivity contribution in [1.29, 1.82) is 0 Å². The van der Waals surface area contributed by atoms with Crippen molar-refractivity contribution in [1.82, 2.24) is 5.32 Å². The third-order valence-corrected chi connectivity index (χ3v) is 19.4. The van der Waals surface area contributed by atoms with Crippen LogP contribution in [0, 0.1) is 0 Å². The van der Waals surface area contributed by atoms with E-state index < -0.39 is 20.0 Å². The molecule has 0 rings (SSSR count). The number of hydrogen-bond acceptors (Lipinski definition) is 6. The summed E-state index contributed by atoms with van der Waals surface area (Å²) in [6, 6.07) is -0.800. The highest BCUT2D eigenvalue weighted by molar-refractivity contribution is 7.45. The Hall–Kier alpha value is -1.02. The molecule has 518 valence electrons. The lowest BCUT2D eigenvalue weighted by Crippen LogP contribution is -2.46. The van der Waals surface area contributed by atoms with Crippen LogP contribution in [-0.2, 0) is 18.4 Å². The number of aliphatic hydroxyl groups is 1. The second-order valence-electron chi connectivity index (χ2n) is 28.4. The first kappa shape index (κ1) is 86.0. The number of nitrogens with zero attached hydrogens (tertiary/aromatic N) is 1. The molecule has 0 saturated carbocycles. The van der Waals surface area contributed by atoms with Crippen LogP contribution in [0.5, 0.6) is 0 Å². The zero-order chi connectivity index (χ0) is 63.4. The molecule has 0 spiro atoms. The fourth-order valence-corrected chi connectivity index (χ4v) is 13.1. The van der Waals surface area contributed by atoms with Gasteiger partial charge < -0.3 is 28.8 Å². The fourth-order valence-electron chi connectivity index (χ4n) is 12.4. The predicted octanol–water partition coefficient (Wildman–Crippen LogP) is 24.8. The summed E-state index contributed by atoms with van der Waals surface area (Å²) in [4.78, 5) is 25.7. The number of rotatable bonds is 74. The van der Waals surface area contributed by atoms with E-state index in [-0.39, 0.29) is 19.1 Å². The number of likely N-dealkylation sites (N-methyl/N-ethyl adjacent to an activating group) is 1. The van der Waals surface area contributed by atoms with Crippen molar-refractivity contribution in [2.24, 2.45) is 0 Å². The summed E-state index contributed by atoms with van der Waals surface area (Å²) in [5.41, 5.74) is 0. The number of amides is 1. The van der Waals surface area contributed by atoms with Crippen molar-refractivity contribution < 1.29 is 32.9 Å². The van der Waals surface area contributed by atoms with Gasteiger partial charge in [0.05, 0.1) is 39.9 Å². The highest BCUT2D eigenvalue weighted by Crippen LogP contribution is 2.38. The summed E-state index contributed by atoms with van der Waals surface area (Å²) in [7, 11) is 1.33. The van der Waals surface area contributed by atoms with Gasteiger partial charge >= 0.3 is 0 Å². The van der Waals surface area contributed by atoms with Gasteiger partial charge in [0.2, 0.25) is 5.91 Å². The van der Waals surface area contributed by atoms with Crippen LogP contribution in [0.15, 0.2) is 24.3 Å². The van der Waals surface area contributed by atoms with E-state index in [0.29, 0.717) is 23.9 Å². The fraction of sp³-hybridized carbons (Fsp3) is 0.936. The molecule has 3 atom stereocenters. The maximum atomic E-state index is 13.1. The van der Waals surface area contributed by atoms with Gasteiger partial charge in [0.1, 0.15) is 13.2 Å². The molecule has 0 fully saturated rings. The molecule has 2 N–H and O–H groups in total. The first-order valence-electron chi connectivity index (χ1n) is 39.2. The summed E-state index contributed by atoms with van der Waals surface area (Å²) in [5.74, 6) is -0.154. The first-order valence-corrected chi connectivity index (χ1v) is 40.6. The number of phosphoric ester groups is 1. The van der Waals surface area contributed by atoms with Crippen LogP contribution >= 0.6 is 7.82 Å². The van der Waals surface area contributed by atoms with Gasteiger partial charge in [-0.05, 0) is 44.9 Å². The minimum absolute atomic E-state index is 0.0156. The number of hydrogen-bond donors (Lipinski definition) is 2. The molecular weight excluding hydrogens is 1090 g/mol. The molecule has 0 aliphatic heterocycles. The van der Waals surface area contributed by atoms with Crippen LogP contribution in [0.25, 0.3) is 0 Å². The number of phosphoric acid groups is 1. The third-order valence-electron chi connectivity index (χ3n) is 18.4. The topological polar surface area (TPSA) is 108 Å². The van der Waals surface area contributed by atoms with Crippen LogP contribution in [0.3, 0.4) is 0 Å². The molecule has 1 amide bonds. The third kappa shape index (κ3) is 72.3. The number of allylic oxidation sites excluding steroid dienone is 4. The molecule has 0 aromatic heterocycles. The van der Waals surface area contributed by atoms with E-state index in [0.717, 1.165) is 44.9 Å². The average Bonchev–Trinajstić information content (AvgIpc) is 3.70. The summed E-state index contributed by atoms with van der Waals surface area (Å²) >= 11 is 0. The van der Waals surface area contributed by atoms with Gasteiger partial charge in [-0.1, -0.05) is 391 Å². The molecule has 8 nitrogen and oxygen atoms in total. The van der Waals surface area contributed by atoms with E-state index in [9.17, 15) is 19.4 Å². The Morgan fingerprint density at radius 1 is 0.402 bits per heavy atom. The first-order chi connectivity index (χ1) is 42.5. The van der Waals surface area contributed by atoms with Gasteiger partial charge in [-0.3, -0.25) is 9.36 Å². The van der Waals surface area contributed by atoms with Gasteiger partial charge in [-0.25, -0.2) is 0 Å². The molecule has 0 aliphatic carbocycles. The van der Waals surface area contributed by atoms with Gasteiger partial charge in [0.15, 0.2) is 0 Å². The molecular formula is C78H155N2O6P. The van der Waals surface area contributed by atoms with Crippen LogP contribution in [0.1, 0.15) is 418 Å². The normalized spacial score (nSPS) is 13.6. The van der Waals surface area contributed by atoms with Crippen molar-refractivity contribution in [2.45, 2.75) is 431 Å². The van der Waals surface area contributed by atoms with Gasteiger partial charge in [0.25, 0.3) is 7.82 Å². The van der Waals surface area contributed by atoms with Crippen molar-refractivity contribution >= 4 is 13.7 Å². The molecule has 0 aromatic carbocycles. The molecule has 0 saturated heterocycles. The average molecular weight is 1250 g/mol. The zero-order valence-corrected chi connectivity index (χ0v) is 60.4. The molecule has 3 unspecified atom stereocenters. The molecule has 0 aromatic rings. The van der Waals surface area contributed by atoms with Crippen LogP contribution in [-0.4, -0.2) is 68.5 Å². The summed E-state index contributed by atoms with van der Waals surface area (Å²) in [5, 5.41) is 14.1. The number of unbranched alkanes of at least 4 members (excludes halogenated alkanes) is 57. The van der Waals surface area contributed by atoms with Crippen molar-refractivity contribution in [2.75, 3.05) is 40.9 Å². The maximum absolute atomic E-state index is 13.1. The van der Waals surface area contributed by atoms with Crippen LogP contribution in [0.2, 0.25) is 0 Å². The summed E-state index contributed by atoms with van der Waals surface area (Å²) < 4.78 is 23.6. The number of carbonyl (C=O) groups is 1. The monoisotopic (exact) mass is 1250 g/mol. The van der Waals surface area contributed by atoms with Crippen molar-refractivity contribution in [3.8, 4) is 0 Å². The lowest BCUT2D eigenvalue weighted by atomic mass is 10.0. The quantitative estimate of drug-likeness (QED) is 0.0272. The Labute approximate surface area is 545 Å². The lowest BCUT2D eigenvalue weighted by molar-refractivity contribution is -0.870. The molecule has 0 bridgehead atoms. The number of quaternary nitrogens is 1. The highest BCUT2D eigenvalue weighted by atomic mass is 31.2. The Balaban J connectivity index is 3.92. The van der Waals surface area contributed by atoms with E-state index in [1.165, 1.54) is 347 Å². The zero-order valence-electron chi connectivity index (χ0n) is 59.5. The van der Waals surface area contributed by atoms with E-state index in [1.807, 2.05) is 21.1 Å². The van der Waals surface area contributed by atoms with E-state index in [2.05, 4.69) is 43.5 Å². The van der Waals surface area contributed by atoms with Crippen LogP contribution in [0.4, 0.5) is 0 Å². The maximum Gasteiger partial charge on any atom is 0.268 e. The molecule has 0 radical (unpaired) electrons. The Bertz CT molecular complexity index is 1470. The van der Waals surface area contributed by atoms with E-state index >= 15 is 0 Å². The molecule has 9 heteroatoms. The number of carbonyl (C=O) groups excluding carboxylic acids is 1. The van der Waals surface area contributed by atoms with E-state index in [4.69, 9.17) is 9.05 Å².